The van der Waals surface area contributed by atoms with Crippen molar-refractivity contribution in [1.82, 2.24) is 0 Å². The van der Waals surface area contributed by atoms with E-state index in [0.717, 1.165) is 29.7 Å². The standard InChI is InChI=1S/C20H27F/c1-3-14-5-6-17-12-18(10-9-16(17)11-14)19-8-7-15(4-2)20(21)13-19/h3,7-8,13-14,16-18H,1,4-6,9-12H2,2H3. The normalized spacial score (nSPS) is 32.5. The number of aryl methyl sites for hydroxylation is 1. The Hall–Kier alpha value is -1.11. The van der Waals surface area contributed by atoms with E-state index in [-0.39, 0.29) is 5.82 Å². The first-order valence-corrected chi connectivity index (χ1v) is 8.62. The van der Waals surface area contributed by atoms with Gasteiger partial charge in [0.2, 0.25) is 0 Å². The molecule has 2 aliphatic rings. The minimum atomic E-state index is -0.00695. The average molecular weight is 286 g/mol. The molecule has 0 heterocycles. The molecule has 0 bridgehead atoms. The Labute approximate surface area is 128 Å². The summed E-state index contributed by atoms with van der Waals surface area (Å²) in [5.41, 5.74) is 2.08. The highest BCUT2D eigenvalue weighted by Crippen LogP contribution is 2.47. The van der Waals surface area contributed by atoms with Crippen LogP contribution in [-0.4, -0.2) is 0 Å². The van der Waals surface area contributed by atoms with Gasteiger partial charge in [0.15, 0.2) is 0 Å². The van der Waals surface area contributed by atoms with Crippen LogP contribution in [0.3, 0.4) is 0 Å². The molecule has 0 radical (unpaired) electrons. The number of fused-ring (bicyclic) bond motifs is 1. The third-order valence-corrected chi connectivity index (χ3v) is 5.92. The molecule has 1 aromatic rings. The van der Waals surface area contributed by atoms with E-state index < -0.39 is 0 Å². The lowest BCUT2D eigenvalue weighted by Gasteiger charge is -2.41. The lowest BCUT2D eigenvalue weighted by atomic mass is 9.64. The molecular formula is C20H27F. The number of hydrogen-bond acceptors (Lipinski definition) is 0. The van der Waals surface area contributed by atoms with Crippen LogP contribution < -0.4 is 0 Å². The fourth-order valence-corrected chi connectivity index (χ4v) is 4.55. The summed E-state index contributed by atoms with van der Waals surface area (Å²) in [5.74, 6) is 3.05. The number of rotatable bonds is 3. The predicted molar refractivity (Wildman–Crippen MR) is 86.9 cm³/mol. The third-order valence-electron chi connectivity index (χ3n) is 5.92. The van der Waals surface area contributed by atoms with Gasteiger partial charge >= 0.3 is 0 Å². The highest BCUT2D eigenvalue weighted by atomic mass is 19.1. The van der Waals surface area contributed by atoms with E-state index in [0.29, 0.717) is 5.92 Å². The number of benzene rings is 1. The predicted octanol–water partition coefficient (Wildman–Crippen LogP) is 5.87. The molecule has 1 heteroatoms. The van der Waals surface area contributed by atoms with Gasteiger partial charge in [-0.2, -0.15) is 0 Å². The maximum atomic E-state index is 14.0. The third kappa shape index (κ3) is 3.07. The van der Waals surface area contributed by atoms with Crippen LogP contribution in [0.2, 0.25) is 0 Å². The zero-order chi connectivity index (χ0) is 14.8. The molecule has 2 aliphatic carbocycles. The Morgan fingerprint density at radius 2 is 1.90 bits per heavy atom. The van der Waals surface area contributed by atoms with Gasteiger partial charge in [-0.05, 0) is 85.8 Å². The van der Waals surface area contributed by atoms with Crippen LogP contribution in [0.15, 0.2) is 30.9 Å². The molecule has 114 valence electrons. The molecule has 21 heavy (non-hydrogen) atoms. The van der Waals surface area contributed by atoms with E-state index in [9.17, 15) is 4.39 Å². The highest BCUT2D eigenvalue weighted by molar-refractivity contribution is 5.27. The van der Waals surface area contributed by atoms with Gasteiger partial charge in [-0.25, -0.2) is 4.39 Å². The minimum Gasteiger partial charge on any atom is -0.207 e. The quantitative estimate of drug-likeness (QED) is 0.609. The monoisotopic (exact) mass is 286 g/mol. The molecule has 0 N–H and O–H groups in total. The van der Waals surface area contributed by atoms with Gasteiger partial charge in [-0.1, -0.05) is 25.1 Å². The summed E-state index contributed by atoms with van der Waals surface area (Å²) in [6.45, 7) is 5.98. The van der Waals surface area contributed by atoms with Crippen molar-refractivity contribution in [1.29, 1.82) is 0 Å². The van der Waals surface area contributed by atoms with Crippen LogP contribution in [0.5, 0.6) is 0 Å². The maximum absolute atomic E-state index is 14.0. The molecule has 0 saturated heterocycles. The maximum Gasteiger partial charge on any atom is 0.126 e. The van der Waals surface area contributed by atoms with Gasteiger partial charge in [-0.15, -0.1) is 6.58 Å². The van der Waals surface area contributed by atoms with Crippen molar-refractivity contribution in [2.24, 2.45) is 17.8 Å². The van der Waals surface area contributed by atoms with E-state index in [1.54, 1.807) is 6.07 Å². The van der Waals surface area contributed by atoms with E-state index in [1.807, 2.05) is 13.0 Å². The summed E-state index contributed by atoms with van der Waals surface area (Å²) >= 11 is 0. The number of allylic oxidation sites excluding steroid dienone is 1. The molecule has 4 unspecified atom stereocenters. The Kier molecular flexibility index (Phi) is 4.47. The van der Waals surface area contributed by atoms with Crippen molar-refractivity contribution in [3.05, 3.63) is 47.8 Å². The first-order valence-electron chi connectivity index (χ1n) is 8.62. The summed E-state index contributed by atoms with van der Waals surface area (Å²) in [4.78, 5) is 0. The summed E-state index contributed by atoms with van der Waals surface area (Å²) in [6.07, 6.45) is 10.7. The molecule has 0 amide bonds. The van der Waals surface area contributed by atoms with Gasteiger partial charge in [0.25, 0.3) is 0 Å². The minimum absolute atomic E-state index is 0.00695. The molecule has 0 spiro atoms. The average Bonchev–Trinajstić information content (AvgIpc) is 2.53. The summed E-state index contributed by atoms with van der Waals surface area (Å²) in [6, 6.07) is 5.97. The topological polar surface area (TPSA) is 0 Å². The van der Waals surface area contributed by atoms with Gasteiger partial charge in [0, 0.05) is 0 Å². The smallest absolute Gasteiger partial charge is 0.126 e. The number of halogens is 1. The Morgan fingerprint density at radius 3 is 2.62 bits per heavy atom. The molecule has 1 aromatic carbocycles. The van der Waals surface area contributed by atoms with E-state index >= 15 is 0 Å². The van der Waals surface area contributed by atoms with Crippen molar-refractivity contribution in [2.45, 2.75) is 57.8 Å². The summed E-state index contributed by atoms with van der Waals surface area (Å²) in [7, 11) is 0. The molecule has 2 fully saturated rings. The van der Waals surface area contributed by atoms with E-state index in [2.05, 4.69) is 18.7 Å². The fourth-order valence-electron chi connectivity index (χ4n) is 4.55. The van der Waals surface area contributed by atoms with Gasteiger partial charge in [0.1, 0.15) is 5.82 Å². The van der Waals surface area contributed by atoms with Crippen molar-refractivity contribution in [3.63, 3.8) is 0 Å². The Balaban J connectivity index is 1.69. The van der Waals surface area contributed by atoms with Crippen LogP contribution in [0, 0.1) is 23.6 Å². The largest absolute Gasteiger partial charge is 0.207 e. The first kappa shape index (κ1) is 14.8. The summed E-state index contributed by atoms with van der Waals surface area (Å²) < 4.78 is 14.0. The molecular weight excluding hydrogens is 259 g/mol. The van der Waals surface area contributed by atoms with Crippen LogP contribution in [0.25, 0.3) is 0 Å². The summed E-state index contributed by atoms with van der Waals surface area (Å²) in [5, 5.41) is 0. The SMILES string of the molecule is C=CC1CCC2CC(c3ccc(CC)c(F)c3)CCC2C1. The van der Waals surface area contributed by atoms with E-state index in [4.69, 9.17) is 0 Å². The molecule has 0 nitrogen and oxygen atoms in total. The van der Waals surface area contributed by atoms with E-state index in [1.165, 1.54) is 44.1 Å². The second-order valence-electron chi connectivity index (χ2n) is 7.04. The van der Waals surface area contributed by atoms with Crippen molar-refractivity contribution in [3.8, 4) is 0 Å². The zero-order valence-corrected chi connectivity index (χ0v) is 13.2. The Bertz CT molecular complexity index is 505. The highest BCUT2D eigenvalue weighted by Gasteiger charge is 2.35. The first-order chi connectivity index (χ1) is 10.2. The molecule has 3 rings (SSSR count). The lowest BCUT2D eigenvalue weighted by Crippen LogP contribution is -2.30. The second-order valence-corrected chi connectivity index (χ2v) is 7.04. The van der Waals surface area contributed by atoms with Crippen molar-refractivity contribution in [2.75, 3.05) is 0 Å². The van der Waals surface area contributed by atoms with Gasteiger partial charge in [-0.3, -0.25) is 0 Å². The van der Waals surface area contributed by atoms with Crippen LogP contribution >= 0.6 is 0 Å². The second kappa shape index (κ2) is 6.34. The number of hydrogen-bond donors (Lipinski definition) is 0. The fraction of sp³-hybridized carbons (Fsp3) is 0.600. The zero-order valence-electron chi connectivity index (χ0n) is 13.2. The lowest BCUT2D eigenvalue weighted by molar-refractivity contribution is 0.133. The molecule has 0 aliphatic heterocycles. The van der Waals surface area contributed by atoms with Gasteiger partial charge in [0.05, 0.1) is 0 Å². The van der Waals surface area contributed by atoms with Crippen LogP contribution in [-0.2, 0) is 6.42 Å². The van der Waals surface area contributed by atoms with Crippen LogP contribution in [0.4, 0.5) is 4.39 Å². The molecule has 2 saturated carbocycles. The van der Waals surface area contributed by atoms with Crippen molar-refractivity contribution >= 4 is 0 Å². The molecule has 0 aromatic heterocycles. The Morgan fingerprint density at radius 1 is 1.14 bits per heavy atom. The van der Waals surface area contributed by atoms with Gasteiger partial charge < -0.3 is 0 Å². The van der Waals surface area contributed by atoms with Crippen molar-refractivity contribution < 1.29 is 4.39 Å². The van der Waals surface area contributed by atoms with Crippen LogP contribution in [0.1, 0.15) is 62.5 Å². The molecule has 4 atom stereocenters.